The van der Waals surface area contributed by atoms with Crippen molar-refractivity contribution in [1.29, 1.82) is 0 Å². The van der Waals surface area contributed by atoms with Crippen molar-refractivity contribution >= 4 is 22.3 Å². The predicted octanol–water partition coefficient (Wildman–Crippen LogP) is 2.78. The van der Waals surface area contributed by atoms with Crippen molar-refractivity contribution in [2.24, 2.45) is 0 Å². The Morgan fingerprint density at radius 3 is 2.88 bits per heavy atom. The van der Waals surface area contributed by atoms with E-state index in [1.807, 2.05) is 30.5 Å². The number of benzene rings is 1. The maximum absolute atomic E-state index is 5.75. The highest BCUT2D eigenvalue weighted by Gasteiger charge is 2.17. The quantitative estimate of drug-likeness (QED) is 0.754. The first kappa shape index (κ1) is 9.46. The fourth-order valence-corrected chi connectivity index (χ4v) is 2.06. The Morgan fingerprint density at radius 2 is 2.12 bits per heavy atom. The lowest BCUT2D eigenvalue weighted by Crippen LogP contribution is -2.27. The molecular weight excluding hydrogens is 198 g/mol. The highest BCUT2D eigenvalue weighted by Crippen LogP contribution is 2.28. The minimum absolute atomic E-state index is 0.642. The topological polar surface area (TPSA) is 50.9 Å². The highest BCUT2D eigenvalue weighted by molar-refractivity contribution is 5.92. The number of nitrogen functional groups attached to an aromatic ring is 1. The standard InChI is InChI=1S/C13H15N3/c14-9-4-5-11-12(16-10-2-1-3-10)6-7-15-13(11)8-9/h4-8,10H,1-3,14H2,(H,15,16). The SMILES string of the molecule is Nc1ccc2c(NC3CCC3)ccnc2c1. The Kier molecular flexibility index (Phi) is 2.17. The molecule has 0 spiro atoms. The molecular formula is C13H15N3. The monoisotopic (exact) mass is 213 g/mol. The van der Waals surface area contributed by atoms with Gasteiger partial charge in [0.2, 0.25) is 0 Å². The molecule has 1 heterocycles. The molecule has 1 aliphatic carbocycles. The molecule has 0 aliphatic heterocycles. The molecule has 0 amide bonds. The molecule has 1 saturated carbocycles. The number of fused-ring (bicyclic) bond motifs is 1. The number of nitrogens with one attached hydrogen (secondary N) is 1. The zero-order valence-electron chi connectivity index (χ0n) is 9.11. The number of hydrogen-bond donors (Lipinski definition) is 2. The van der Waals surface area contributed by atoms with Crippen LogP contribution in [0.1, 0.15) is 19.3 Å². The van der Waals surface area contributed by atoms with Crippen molar-refractivity contribution in [3.63, 3.8) is 0 Å². The lowest BCUT2D eigenvalue weighted by molar-refractivity contribution is 0.446. The van der Waals surface area contributed by atoms with Crippen molar-refractivity contribution < 1.29 is 0 Å². The van der Waals surface area contributed by atoms with Crippen LogP contribution in [0.25, 0.3) is 10.9 Å². The summed E-state index contributed by atoms with van der Waals surface area (Å²) in [7, 11) is 0. The molecule has 3 rings (SSSR count). The van der Waals surface area contributed by atoms with Crippen LogP contribution >= 0.6 is 0 Å². The van der Waals surface area contributed by atoms with Crippen LogP contribution in [0.5, 0.6) is 0 Å². The Morgan fingerprint density at radius 1 is 1.25 bits per heavy atom. The fourth-order valence-electron chi connectivity index (χ4n) is 2.06. The molecule has 3 heteroatoms. The number of aromatic nitrogens is 1. The number of pyridine rings is 1. The minimum atomic E-state index is 0.642. The van der Waals surface area contributed by atoms with Gasteiger partial charge in [-0.15, -0.1) is 0 Å². The van der Waals surface area contributed by atoms with Gasteiger partial charge in [-0.3, -0.25) is 4.98 Å². The molecule has 0 atom stereocenters. The average molecular weight is 213 g/mol. The van der Waals surface area contributed by atoms with Gasteiger partial charge in [-0.05, 0) is 43.5 Å². The van der Waals surface area contributed by atoms with E-state index in [9.17, 15) is 0 Å². The molecule has 0 bridgehead atoms. The number of nitrogens with two attached hydrogens (primary N) is 1. The summed E-state index contributed by atoms with van der Waals surface area (Å²) in [4.78, 5) is 4.33. The summed E-state index contributed by atoms with van der Waals surface area (Å²) in [5.41, 5.74) is 8.65. The van der Waals surface area contributed by atoms with Crippen LogP contribution in [-0.2, 0) is 0 Å². The molecule has 1 fully saturated rings. The second-order valence-electron chi connectivity index (χ2n) is 4.41. The number of rotatable bonds is 2. The van der Waals surface area contributed by atoms with Gasteiger partial charge in [-0.2, -0.15) is 0 Å². The van der Waals surface area contributed by atoms with E-state index in [4.69, 9.17) is 5.73 Å². The van der Waals surface area contributed by atoms with Gasteiger partial charge < -0.3 is 11.1 Å². The molecule has 1 aromatic carbocycles. The van der Waals surface area contributed by atoms with E-state index in [0.717, 1.165) is 16.6 Å². The zero-order chi connectivity index (χ0) is 11.0. The van der Waals surface area contributed by atoms with E-state index >= 15 is 0 Å². The molecule has 82 valence electrons. The van der Waals surface area contributed by atoms with Gasteiger partial charge in [0.05, 0.1) is 5.52 Å². The Bertz CT molecular complexity index is 518. The third kappa shape index (κ3) is 1.58. The van der Waals surface area contributed by atoms with Crippen LogP contribution in [0.15, 0.2) is 30.5 Å². The lowest BCUT2D eigenvalue weighted by atomic mass is 9.93. The molecule has 3 nitrogen and oxygen atoms in total. The van der Waals surface area contributed by atoms with Crippen molar-refractivity contribution in [3.05, 3.63) is 30.5 Å². The zero-order valence-corrected chi connectivity index (χ0v) is 9.11. The van der Waals surface area contributed by atoms with Crippen LogP contribution in [0.4, 0.5) is 11.4 Å². The molecule has 1 aliphatic rings. The van der Waals surface area contributed by atoms with Crippen LogP contribution in [-0.4, -0.2) is 11.0 Å². The number of hydrogen-bond acceptors (Lipinski definition) is 3. The van der Waals surface area contributed by atoms with Crippen molar-refractivity contribution in [3.8, 4) is 0 Å². The summed E-state index contributed by atoms with van der Waals surface area (Å²) in [5, 5.41) is 4.72. The van der Waals surface area contributed by atoms with E-state index in [-0.39, 0.29) is 0 Å². The maximum atomic E-state index is 5.75. The van der Waals surface area contributed by atoms with Crippen molar-refractivity contribution in [2.75, 3.05) is 11.1 Å². The van der Waals surface area contributed by atoms with Gasteiger partial charge in [-0.25, -0.2) is 0 Å². The van der Waals surface area contributed by atoms with Crippen LogP contribution < -0.4 is 11.1 Å². The molecule has 2 aromatic rings. The first-order valence-corrected chi connectivity index (χ1v) is 5.74. The minimum Gasteiger partial charge on any atom is -0.399 e. The van der Waals surface area contributed by atoms with Gasteiger partial charge in [0.25, 0.3) is 0 Å². The first-order valence-electron chi connectivity index (χ1n) is 5.74. The van der Waals surface area contributed by atoms with Crippen molar-refractivity contribution in [1.82, 2.24) is 4.98 Å². The van der Waals surface area contributed by atoms with Gasteiger partial charge >= 0.3 is 0 Å². The largest absolute Gasteiger partial charge is 0.399 e. The molecule has 0 unspecified atom stereocenters. The van der Waals surface area contributed by atoms with Gasteiger partial charge in [-0.1, -0.05) is 0 Å². The summed E-state index contributed by atoms with van der Waals surface area (Å²) < 4.78 is 0. The molecule has 16 heavy (non-hydrogen) atoms. The molecule has 3 N–H and O–H groups in total. The number of nitrogens with zero attached hydrogens (tertiary/aromatic N) is 1. The third-order valence-electron chi connectivity index (χ3n) is 3.23. The molecule has 0 radical (unpaired) electrons. The van der Waals surface area contributed by atoms with Crippen LogP contribution in [0.3, 0.4) is 0 Å². The van der Waals surface area contributed by atoms with E-state index in [0.29, 0.717) is 6.04 Å². The Hall–Kier alpha value is -1.77. The summed E-state index contributed by atoms with van der Waals surface area (Å²) in [6.45, 7) is 0. The summed E-state index contributed by atoms with van der Waals surface area (Å²) in [5.74, 6) is 0. The summed E-state index contributed by atoms with van der Waals surface area (Å²) >= 11 is 0. The van der Waals surface area contributed by atoms with Gasteiger partial charge in [0.1, 0.15) is 0 Å². The first-order chi connectivity index (χ1) is 7.83. The van der Waals surface area contributed by atoms with Crippen molar-refractivity contribution in [2.45, 2.75) is 25.3 Å². The molecule has 1 aromatic heterocycles. The summed E-state index contributed by atoms with van der Waals surface area (Å²) in [6.07, 6.45) is 5.73. The van der Waals surface area contributed by atoms with E-state index in [1.54, 1.807) is 0 Å². The lowest BCUT2D eigenvalue weighted by Gasteiger charge is -2.28. The van der Waals surface area contributed by atoms with E-state index < -0.39 is 0 Å². The Labute approximate surface area is 94.7 Å². The van der Waals surface area contributed by atoms with Crippen LogP contribution in [0, 0.1) is 0 Å². The smallest absolute Gasteiger partial charge is 0.0743 e. The normalized spacial score (nSPS) is 16.0. The molecule has 0 saturated heterocycles. The van der Waals surface area contributed by atoms with E-state index in [1.165, 1.54) is 24.9 Å². The maximum Gasteiger partial charge on any atom is 0.0743 e. The average Bonchev–Trinajstić information content (AvgIpc) is 2.23. The second kappa shape index (κ2) is 3.67. The van der Waals surface area contributed by atoms with Gasteiger partial charge in [0, 0.05) is 29.0 Å². The van der Waals surface area contributed by atoms with Gasteiger partial charge in [0.15, 0.2) is 0 Å². The predicted molar refractivity (Wildman–Crippen MR) is 67.4 cm³/mol. The van der Waals surface area contributed by atoms with E-state index in [2.05, 4.69) is 10.3 Å². The second-order valence-corrected chi connectivity index (χ2v) is 4.41. The summed E-state index contributed by atoms with van der Waals surface area (Å²) in [6, 6.07) is 8.57. The highest BCUT2D eigenvalue weighted by atomic mass is 14.9. The third-order valence-corrected chi connectivity index (χ3v) is 3.23. The Balaban J connectivity index is 2.02. The van der Waals surface area contributed by atoms with Crippen LogP contribution in [0.2, 0.25) is 0 Å². The fraction of sp³-hybridized carbons (Fsp3) is 0.308. The number of anilines is 2.